The van der Waals surface area contributed by atoms with Gasteiger partial charge in [-0.15, -0.1) is 0 Å². The van der Waals surface area contributed by atoms with Gasteiger partial charge in [-0.25, -0.2) is 4.39 Å². The van der Waals surface area contributed by atoms with Crippen LogP contribution in [0, 0.1) is 5.82 Å². The number of aromatic carboxylic acids is 1. The van der Waals surface area contributed by atoms with Gasteiger partial charge in [0.05, 0.1) is 5.97 Å². The number of rotatable bonds is 4. The molecule has 2 aromatic carbocycles. The third kappa shape index (κ3) is 3.45. The second kappa shape index (κ2) is 5.71. The SMILES string of the molecule is O=C([O-])c1cc(Cl)ccc1OCc1ccc(F)cc1. The molecule has 0 aromatic heterocycles. The first-order valence-electron chi connectivity index (χ1n) is 5.44. The first-order chi connectivity index (χ1) is 9.06. The van der Waals surface area contributed by atoms with Crippen molar-refractivity contribution in [2.45, 2.75) is 6.61 Å². The van der Waals surface area contributed by atoms with Crippen molar-refractivity contribution in [2.75, 3.05) is 0 Å². The van der Waals surface area contributed by atoms with Crippen LogP contribution in [0.25, 0.3) is 0 Å². The van der Waals surface area contributed by atoms with Gasteiger partial charge in [-0.3, -0.25) is 0 Å². The maximum absolute atomic E-state index is 12.7. The topological polar surface area (TPSA) is 49.4 Å². The Labute approximate surface area is 114 Å². The highest BCUT2D eigenvalue weighted by atomic mass is 35.5. The van der Waals surface area contributed by atoms with Crippen molar-refractivity contribution >= 4 is 17.6 Å². The van der Waals surface area contributed by atoms with E-state index in [1.165, 1.54) is 30.3 Å². The van der Waals surface area contributed by atoms with E-state index in [1.807, 2.05) is 0 Å². The van der Waals surface area contributed by atoms with E-state index < -0.39 is 5.97 Å². The number of benzene rings is 2. The minimum absolute atomic E-state index is 0.116. The summed E-state index contributed by atoms with van der Waals surface area (Å²) in [5.41, 5.74) is 0.607. The summed E-state index contributed by atoms with van der Waals surface area (Å²) in [5, 5.41) is 11.2. The van der Waals surface area contributed by atoms with Crippen LogP contribution in [0.3, 0.4) is 0 Å². The van der Waals surface area contributed by atoms with E-state index in [4.69, 9.17) is 16.3 Å². The molecule has 0 aliphatic carbocycles. The van der Waals surface area contributed by atoms with Crippen molar-refractivity contribution in [1.29, 1.82) is 0 Å². The van der Waals surface area contributed by atoms with Crippen LogP contribution in [0.5, 0.6) is 5.75 Å². The van der Waals surface area contributed by atoms with Crippen molar-refractivity contribution in [3.8, 4) is 5.75 Å². The van der Waals surface area contributed by atoms with Crippen LogP contribution in [0.2, 0.25) is 5.02 Å². The molecule has 98 valence electrons. The first-order valence-corrected chi connectivity index (χ1v) is 5.82. The van der Waals surface area contributed by atoms with E-state index in [0.717, 1.165) is 5.56 Å². The van der Waals surface area contributed by atoms with E-state index in [0.29, 0.717) is 0 Å². The van der Waals surface area contributed by atoms with Crippen molar-refractivity contribution in [2.24, 2.45) is 0 Å². The maximum Gasteiger partial charge on any atom is 0.128 e. The van der Waals surface area contributed by atoms with Crippen LogP contribution in [0.1, 0.15) is 15.9 Å². The van der Waals surface area contributed by atoms with Gasteiger partial charge in [-0.05, 0) is 35.9 Å². The molecule has 2 aromatic rings. The summed E-state index contributed by atoms with van der Waals surface area (Å²) in [6, 6.07) is 9.97. The highest BCUT2D eigenvalue weighted by Gasteiger charge is 2.06. The largest absolute Gasteiger partial charge is 0.545 e. The van der Waals surface area contributed by atoms with Crippen LogP contribution >= 0.6 is 11.6 Å². The minimum atomic E-state index is -1.36. The lowest BCUT2D eigenvalue weighted by Gasteiger charge is -2.12. The van der Waals surface area contributed by atoms with Gasteiger partial charge in [0.1, 0.15) is 18.2 Å². The molecule has 0 aliphatic rings. The number of hydrogen-bond donors (Lipinski definition) is 0. The molecule has 3 nitrogen and oxygen atoms in total. The lowest BCUT2D eigenvalue weighted by molar-refractivity contribution is -0.255. The second-order valence-electron chi connectivity index (χ2n) is 3.84. The summed E-state index contributed by atoms with van der Waals surface area (Å²) in [5.74, 6) is -1.55. The van der Waals surface area contributed by atoms with E-state index in [1.54, 1.807) is 12.1 Å². The summed E-state index contributed by atoms with van der Waals surface area (Å²) in [6.45, 7) is 0.127. The summed E-state index contributed by atoms with van der Waals surface area (Å²) in [4.78, 5) is 10.9. The molecule has 0 spiro atoms. The Morgan fingerprint density at radius 2 is 1.89 bits per heavy atom. The van der Waals surface area contributed by atoms with E-state index >= 15 is 0 Å². The van der Waals surface area contributed by atoms with E-state index in [2.05, 4.69) is 0 Å². The smallest absolute Gasteiger partial charge is 0.128 e. The number of carbonyl (C=O) groups is 1. The lowest BCUT2D eigenvalue weighted by atomic mass is 10.2. The molecule has 0 saturated carbocycles. The molecule has 19 heavy (non-hydrogen) atoms. The molecular weight excluding hydrogens is 271 g/mol. The quantitative estimate of drug-likeness (QED) is 0.863. The molecule has 0 unspecified atom stereocenters. The number of ether oxygens (including phenoxy) is 1. The second-order valence-corrected chi connectivity index (χ2v) is 4.28. The minimum Gasteiger partial charge on any atom is -0.545 e. The number of carboxylic acids is 1. The lowest BCUT2D eigenvalue weighted by Crippen LogP contribution is -2.23. The molecule has 5 heteroatoms. The van der Waals surface area contributed by atoms with Gasteiger partial charge in [0.25, 0.3) is 0 Å². The Bertz CT molecular complexity index is 596. The number of carboxylic acid groups (broad SMARTS) is 1. The Morgan fingerprint density at radius 3 is 2.53 bits per heavy atom. The molecule has 0 aliphatic heterocycles. The highest BCUT2D eigenvalue weighted by molar-refractivity contribution is 6.31. The van der Waals surface area contributed by atoms with Gasteiger partial charge in [0.2, 0.25) is 0 Å². The third-order valence-electron chi connectivity index (χ3n) is 2.47. The van der Waals surface area contributed by atoms with Gasteiger partial charge >= 0.3 is 0 Å². The predicted molar refractivity (Wildman–Crippen MR) is 66.5 cm³/mol. The Hall–Kier alpha value is -2.07. The van der Waals surface area contributed by atoms with Crippen LogP contribution < -0.4 is 9.84 Å². The third-order valence-corrected chi connectivity index (χ3v) is 2.70. The summed E-state index contributed by atoms with van der Waals surface area (Å²) in [7, 11) is 0. The zero-order valence-electron chi connectivity index (χ0n) is 9.73. The number of carbonyl (C=O) groups excluding carboxylic acids is 1. The molecule has 0 heterocycles. The highest BCUT2D eigenvalue weighted by Crippen LogP contribution is 2.23. The molecule has 0 atom stereocenters. The van der Waals surface area contributed by atoms with Crippen LogP contribution in [0.4, 0.5) is 4.39 Å². The van der Waals surface area contributed by atoms with Crippen molar-refractivity contribution in [1.82, 2.24) is 0 Å². The monoisotopic (exact) mass is 279 g/mol. The van der Waals surface area contributed by atoms with Crippen LogP contribution in [-0.2, 0) is 6.61 Å². The maximum atomic E-state index is 12.7. The Morgan fingerprint density at radius 1 is 1.21 bits per heavy atom. The molecule has 0 amide bonds. The fourth-order valence-corrected chi connectivity index (χ4v) is 1.70. The molecule has 0 bridgehead atoms. The Kier molecular flexibility index (Phi) is 4.02. The zero-order chi connectivity index (χ0) is 13.8. The number of halogens is 2. The summed E-state index contributed by atoms with van der Waals surface area (Å²) < 4.78 is 18.1. The van der Waals surface area contributed by atoms with E-state index in [-0.39, 0.29) is 28.8 Å². The van der Waals surface area contributed by atoms with E-state index in [9.17, 15) is 14.3 Å². The van der Waals surface area contributed by atoms with Crippen LogP contribution in [-0.4, -0.2) is 5.97 Å². The molecule has 0 radical (unpaired) electrons. The molecule has 0 N–H and O–H groups in total. The predicted octanol–water partition coefficient (Wildman–Crippen LogP) is 2.42. The van der Waals surface area contributed by atoms with Gasteiger partial charge < -0.3 is 14.6 Å². The van der Waals surface area contributed by atoms with Crippen molar-refractivity contribution in [3.63, 3.8) is 0 Å². The fourth-order valence-electron chi connectivity index (χ4n) is 1.53. The van der Waals surface area contributed by atoms with Crippen molar-refractivity contribution in [3.05, 3.63) is 64.4 Å². The van der Waals surface area contributed by atoms with Gasteiger partial charge in [0, 0.05) is 10.6 Å². The molecular formula is C14H9ClFO3-. The number of hydrogen-bond acceptors (Lipinski definition) is 3. The average molecular weight is 280 g/mol. The molecule has 2 rings (SSSR count). The fraction of sp³-hybridized carbons (Fsp3) is 0.0714. The van der Waals surface area contributed by atoms with Crippen LogP contribution in [0.15, 0.2) is 42.5 Å². The standard InChI is InChI=1S/C14H10ClFO3/c15-10-3-6-13(12(7-10)14(17)18)19-8-9-1-4-11(16)5-2-9/h1-7H,8H2,(H,17,18)/p-1. The molecule has 0 fully saturated rings. The summed E-state index contributed by atoms with van der Waals surface area (Å²) >= 11 is 5.71. The average Bonchev–Trinajstić information content (AvgIpc) is 2.39. The van der Waals surface area contributed by atoms with Crippen molar-refractivity contribution < 1.29 is 19.0 Å². The van der Waals surface area contributed by atoms with Gasteiger partial charge in [0.15, 0.2) is 0 Å². The normalized spacial score (nSPS) is 10.2. The zero-order valence-corrected chi connectivity index (χ0v) is 10.5. The molecule has 0 saturated heterocycles. The van der Waals surface area contributed by atoms with Gasteiger partial charge in [-0.2, -0.15) is 0 Å². The first kappa shape index (κ1) is 13.4. The summed E-state index contributed by atoms with van der Waals surface area (Å²) in [6.07, 6.45) is 0. The Balaban J connectivity index is 2.15. The van der Waals surface area contributed by atoms with Gasteiger partial charge in [-0.1, -0.05) is 23.7 Å².